The van der Waals surface area contributed by atoms with Gasteiger partial charge in [-0.1, -0.05) is 11.6 Å². The number of nitrogens with one attached hydrogen (secondary N) is 1. The van der Waals surface area contributed by atoms with E-state index in [4.69, 9.17) is 16.9 Å². The number of fused-ring (bicyclic) bond motifs is 1. The van der Waals surface area contributed by atoms with Crippen LogP contribution in [0, 0.1) is 18.3 Å². The number of nitrogens with zero attached hydrogens (tertiary/aromatic N) is 3. The predicted molar refractivity (Wildman–Crippen MR) is 50.3 cm³/mol. The van der Waals surface area contributed by atoms with Crippen LogP contribution in [0.3, 0.4) is 0 Å². The molecule has 2 rings (SSSR count). The van der Waals surface area contributed by atoms with Crippen LogP contribution in [0.15, 0.2) is 11.0 Å². The number of aromatic nitrogens is 3. The predicted octanol–water partition coefficient (Wildman–Crippen LogP) is 0.856. The van der Waals surface area contributed by atoms with Gasteiger partial charge in [0.05, 0.1) is 5.69 Å². The number of H-pyrrole nitrogens is 1. The van der Waals surface area contributed by atoms with E-state index in [1.54, 1.807) is 6.92 Å². The fourth-order valence-corrected chi connectivity index (χ4v) is 1.31. The Balaban J connectivity index is 3.03. The van der Waals surface area contributed by atoms with E-state index in [0.29, 0.717) is 16.9 Å². The Bertz CT molecular complexity index is 604. The lowest BCUT2D eigenvalue weighted by atomic mass is 10.3. The Morgan fingerprint density at radius 2 is 2.43 bits per heavy atom. The Kier molecular flexibility index (Phi) is 1.79. The maximum Gasteiger partial charge on any atom is 0.291 e. The standard InChI is InChI=1S/C8H5ClN4O/c1-4-6(9)8(14)13-7(12-4)5(2-10)3-11-13/h3,11H,1H3. The van der Waals surface area contributed by atoms with Gasteiger partial charge in [0.1, 0.15) is 16.7 Å². The molecule has 70 valence electrons. The lowest BCUT2D eigenvalue weighted by Crippen LogP contribution is -2.16. The highest BCUT2D eigenvalue weighted by atomic mass is 35.5. The zero-order valence-electron chi connectivity index (χ0n) is 7.21. The molecular formula is C8H5ClN4O. The highest BCUT2D eigenvalue weighted by Gasteiger charge is 2.11. The summed E-state index contributed by atoms with van der Waals surface area (Å²) in [5.41, 5.74) is 0.657. The molecule has 0 amide bonds. The number of hydrogen-bond acceptors (Lipinski definition) is 3. The van der Waals surface area contributed by atoms with Gasteiger partial charge in [0, 0.05) is 6.20 Å². The molecule has 0 fully saturated rings. The van der Waals surface area contributed by atoms with Gasteiger partial charge in [-0.05, 0) is 6.92 Å². The Hall–Kier alpha value is -1.80. The van der Waals surface area contributed by atoms with Gasteiger partial charge in [-0.2, -0.15) is 9.78 Å². The van der Waals surface area contributed by atoms with Crippen molar-refractivity contribution in [3.05, 3.63) is 32.8 Å². The van der Waals surface area contributed by atoms with Gasteiger partial charge in [-0.25, -0.2) is 4.98 Å². The number of hydrogen-bond donors (Lipinski definition) is 1. The van der Waals surface area contributed by atoms with Crippen LogP contribution in [0.5, 0.6) is 0 Å². The SMILES string of the molecule is Cc1nc2c(C#N)c[nH]n2c(=O)c1Cl. The quantitative estimate of drug-likeness (QED) is 0.698. The molecule has 0 aromatic carbocycles. The molecule has 0 spiro atoms. The van der Waals surface area contributed by atoms with Crippen LogP contribution >= 0.6 is 11.6 Å². The molecule has 0 bridgehead atoms. The van der Waals surface area contributed by atoms with Crippen molar-refractivity contribution in [3.8, 4) is 6.07 Å². The number of aromatic amines is 1. The highest BCUT2D eigenvalue weighted by molar-refractivity contribution is 6.31. The van der Waals surface area contributed by atoms with Gasteiger partial charge < -0.3 is 0 Å². The van der Waals surface area contributed by atoms with Gasteiger partial charge in [0.15, 0.2) is 5.65 Å². The van der Waals surface area contributed by atoms with Crippen molar-refractivity contribution in [1.82, 2.24) is 14.6 Å². The Labute approximate surface area is 83.5 Å². The number of aryl methyl sites for hydroxylation is 1. The Morgan fingerprint density at radius 1 is 1.71 bits per heavy atom. The van der Waals surface area contributed by atoms with Gasteiger partial charge >= 0.3 is 0 Å². The summed E-state index contributed by atoms with van der Waals surface area (Å²) in [5, 5.41) is 11.4. The van der Waals surface area contributed by atoms with E-state index in [9.17, 15) is 4.79 Å². The number of rotatable bonds is 0. The van der Waals surface area contributed by atoms with Crippen molar-refractivity contribution in [2.24, 2.45) is 0 Å². The maximum atomic E-state index is 11.5. The summed E-state index contributed by atoms with van der Waals surface area (Å²) >= 11 is 5.71. The van der Waals surface area contributed by atoms with Crippen LogP contribution in [-0.2, 0) is 0 Å². The number of nitriles is 1. The first-order valence-electron chi connectivity index (χ1n) is 3.81. The van der Waals surface area contributed by atoms with E-state index in [1.165, 1.54) is 6.20 Å². The number of halogens is 1. The molecule has 0 unspecified atom stereocenters. The molecule has 0 saturated carbocycles. The molecule has 2 heterocycles. The second kappa shape index (κ2) is 2.86. The van der Waals surface area contributed by atoms with Crippen LogP contribution in [-0.4, -0.2) is 14.6 Å². The molecule has 0 aliphatic rings. The monoisotopic (exact) mass is 208 g/mol. The summed E-state index contributed by atoms with van der Waals surface area (Å²) in [6.45, 7) is 1.62. The molecule has 2 aromatic heterocycles. The van der Waals surface area contributed by atoms with Crippen molar-refractivity contribution < 1.29 is 0 Å². The van der Waals surface area contributed by atoms with Crippen molar-refractivity contribution >= 4 is 17.2 Å². The summed E-state index contributed by atoms with van der Waals surface area (Å²) in [6.07, 6.45) is 1.42. The minimum Gasteiger partial charge on any atom is -0.295 e. The fourth-order valence-electron chi connectivity index (χ4n) is 1.18. The van der Waals surface area contributed by atoms with Crippen LogP contribution in [0.2, 0.25) is 5.02 Å². The summed E-state index contributed by atoms with van der Waals surface area (Å²) in [7, 11) is 0. The molecule has 0 radical (unpaired) electrons. The van der Waals surface area contributed by atoms with Crippen molar-refractivity contribution in [2.45, 2.75) is 6.92 Å². The molecule has 2 aromatic rings. The van der Waals surface area contributed by atoms with E-state index in [0.717, 1.165) is 4.52 Å². The first kappa shape index (κ1) is 8.78. The van der Waals surface area contributed by atoms with E-state index < -0.39 is 5.56 Å². The minimum atomic E-state index is -0.393. The molecule has 0 saturated heterocycles. The van der Waals surface area contributed by atoms with Gasteiger partial charge in [0.2, 0.25) is 0 Å². The molecule has 1 N–H and O–H groups in total. The van der Waals surface area contributed by atoms with Crippen molar-refractivity contribution in [3.63, 3.8) is 0 Å². The van der Waals surface area contributed by atoms with E-state index in [2.05, 4.69) is 10.1 Å². The maximum absolute atomic E-state index is 11.5. The second-order valence-corrected chi connectivity index (χ2v) is 3.15. The third-order valence-corrected chi connectivity index (χ3v) is 2.33. The van der Waals surface area contributed by atoms with Crippen LogP contribution in [0.4, 0.5) is 0 Å². The van der Waals surface area contributed by atoms with E-state index in [1.807, 2.05) is 6.07 Å². The van der Waals surface area contributed by atoms with Crippen molar-refractivity contribution in [2.75, 3.05) is 0 Å². The second-order valence-electron chi connectivity index (χ2n) is 2.77. The lowest BCUT2D eigenvalue weighted by Gasteiger charge is -1.97. The first-order chi connectivity index (χ1) is 6.65. The van der Waals surface area contributed by atoms with Crippen LogP contribution in [0.1, 0.15) is 11.3 Å². The summed E-state index contributed by atoms with van der Waals surface area (Å²) in [4.78, 5) is 15.6. The average molecular weight is 209 g/mol. The Morgan fingerprint density at radius 3 is 3.07 bits per heavy atom. The summed E-state index contributed by atoms with van der Waals surface area (Å²) in [5.74, 6) is 0. The third-order valence-electron chi connectivity index (χ3n) is 1.89. The van der Waals surface area contributed by atoms with Crippen molar-refractivity contribution in [1.29, 1.82) is 5.26 Å². The van der Waals surface area contributed by atoms with Crippen LogP contribution in [0.25, 0.3) is 5.65 Å². The molecule has 14 heavy (non-hydrogen) atoms. The third kappa shape index (κ3) is 1.01. The van der Waals surface area contributed by atoms with Gasteiger partial charge in [-0.3, -0.25) is 9.89 Å². The van der Waals surface area contributed by atoms with E-state index >= 15 is 0 Å². The molecule has 6 heteroatoms. The molecule has 0 atom stereocenters. The lowest BCUT2D eigenvalue weighted by molar-refractivity contribution is 0.890. The average Bonchev–Trinajstić information content (AvgIpc) is 2.57. The fraction of sp³-hybridized carbons (Fsp3) is 0.125. The highest BCUT2D eigenvalue weighted by Crippen LogP contribution is 2.10. The topological polar surface area (TPSA) is 73.9 Å². The molecule has 0 aliphatic heterocycles. The smallest absolute Gasteiger partial charge is 0.291 e. The first-order valence-corrected chi connectivity index (χ1v) is 4.19. The minimum absolute atomic E-state index is 0.0637. The molecular weight excluding hydrogens is 204 g/mol. The van der Waals surface area contributed by atoms with Crippen LogP contribution < -0.4 is 5.56 Å². The van der Waals surface area contributed by atoms with Gasteiger partial charge in [0.25, 0.3) is 5.56 Å². The molecule has 0 aliphatic carbocycles. The summed E-state index contributed by atoms with van der Waals surface area (Å²) in [6, 6.07) is 1.93. The van der Waals surface area contributed by atoms with E-state index in [-0.39, 0.29) is 5.02 Å². The normalized spacial score (nSPS) is 10.4. The molecule has 5 nitrogen and oxygen atoms in total. The zero-order valence-corrected chi connectivity index (χ0v) is 7.96. The zero-order chi connectivity index (χ0) is 10.3. The van der Waals surface area contributed by atoms with Gasteiger partial charge in [-0.15, -0.1) is 0 Å². The summed E-state index contributed by atoms with van der Waals surface area (Å²) < 4.78 is 1.15. The largest absolute Gasteiger partial charge is 0.295 e.